The van der Waals surface area contributed by atoms with Crippen LogP contribution in [0.15, 0.2) is 0 Å². The van der Waals surface area contributed by atoms with Crippen molar-refractivity contribution in [2.24, 2.45) is 11.7 Å². The lowest BCUT2D eigenvalue weighted by Crippen LogP contribution is -2.55. The van der Waals surface area contributed by atoms with Gasteiger partial charge in [-0.25, -0.2) is 4.79 Å². The molecule has 0 aromatic carbocycles. The van der Waals surface area contributed by atoms with Crippen LogP contribution in [0.2, 0.25) is 0 Å². The highest BCUT2D eigenvalue weighted by atomic mass is 16.4. The Balaban J connectivity index is 2.84. The fraction of sp³-hybridized carbons (Fsp3) is 0.733. The summed E-state index contributed by atoms with van der Waals surface area (Å²) >= 11 is 0. The number of amides is 2. The minimum absolute atomic E-state index is 0.0702. The summed E-state index contributed by atoms with van der Waals surface area (Å²) in [5, 5.41) is 20.4. The van der Waals surface area contributed by atoms with E-state index in [0.29, 0.717) is 25.8 Å². The average molecular weight is 343 g/mol. The average Bonchev–Trinajstić information content (AvgIpc) is 2.93. The van der Waals surface area contributed by atoms with Crippen LogP contribution >= 0.6 is 0 Å². The number of nitrogens with two attached hydrogens (primary N) is 1. The van der Waals surface area contributed by atoms with E-state index in [4.69, 9.17) is 10.8 Å². The van der Waals surface area contributed by atoms with Crippen molar-refractivity contribution < 1.29 is 29.4 Å². The van der Waals surface area contributed by atoms with Crippen LogP contribution in [-0.4, -0.2) is 63.5 Å². The van der Waals surface area contributed by atoms with Gasteiger partial charge < -0.3 is 26.2 Å². The summed E-state index contributed by atoms with van der Waals surface area (Å²) < 4.78 is 0. The lowest BCUT2D eigenvalue weighted by Gasteiger charge is -2.28. The lowest BCUT2D eigenvalue weighted by atomic mass is 10.0. The van der Waals surface area contributed by atoms with Gasteiger partial charge in [-0.3, -0.25) is 14.4 Å². The molecule has 0 aromatic heterocycles. The molecule has 1 aliphatic rings. The van der Waals surface area contributed by atoms with E-state index in [9.17, 15) is 24.3 Å². The summed E-state index contributed by atoms with van der Waals surface area (Å²) in [6.45, 7) is 4.05. The molecule has 0 aromatic rings. The van der Waals surface area contributed by atoms with Crippen molar-refractivity contribution in [3.8, 4) is 0 Å². The third kappa shape index (κ3) is 5.48. The molecule has 3 atom stereocenters. The number of hydrogen-bond acceptors (Lipinski definition) is 5. The Morgan fingerprint density at radius 3 is 2.38 bits per heavy atom. The van der Waals surface area contributed by atoms with Crippen LogP contribution in [0, 0.1) is 5.92 Å². The van der Waals surface area contributed by atoms with Crippen LogP contribution in [0.1, 0.15) is 39.5 Å². The van der Waals surface area contributed by atoms with Gasteiger partial charge >= 0.3 is 11.9 Å². The van der Waals surface area contributed by atoms with Crippen LogP contribution in [0.4, 0.5) is 0 Å². The van der Waals surface area contributed by atoms with Gasteiger partial charge in [-0.15, -0.1) is 0 Å². The number of carbonyl (C=O) groups is 4. The monoisotopic (exact) mass is 343 g/mol. The Kier molecular flexibility index (Phi) is 7.15. The SMILES string of the molecule is CC(C)C[C@H](NC(=O)[C@@H](N)CC(=O)O)C(=O)N1CCC[C@@H]1C(=O)O. The molecule has 9 heteroatoms. The molecule has 0 unspecified atom stereocenters. The number of carbonyl (C=O) groups excluding carboxylic acids is 2. The van der Waals surface area contributed by atoms with Gasteiger partial charge in [0, 0.05) is 6.54 Å². The van der Waals surface area contributed by atoms with Crippen LogP contribution < -0.4 is 11.1 Å². The van der Waals surface area contributed by atoms with Gasteiger partial charge in [-0.05, 0) is 25.2 Å². The highest BCUT2D eigenvalue weighted by Gasteiger charge is 2.38. The highest BCUT2D eigenvalue weighted by Crippen LogP contribution is 2.20. The standard InChI is InChI=1S/C15H25N3O6/c1-8(2)6-10(17-13(21)9(16)7-12(19)20)14(22)18-5-3-4-11(18)15(23)24/h8-11H,3-7,16H2,1-2H3,(H,17,21)(H,19,20)(H,23,24)/t9-,10-,11+/m0/s1. The first-order valence-electron chi connectivity index (χ1n) is 7.94. The largest absolute Gasteiger partial charge is 0.481 e. The van der Waals surface area contributed by atoms with Gasteiger partial charge in [0.1, 0.15) is 12.1 Å². The molecule has 0 bridgehead atoms. The molecule has 2 amide bonds. The molecule has 0 saturated carbocycles. The number of nitrogens with zero attached hydrogens (tertiary/aromatic N) is 1. The number of aliphatic carboxylic acids is 2. The molecule has 9 nitrogen and oxygen atoms in total. The molecule has 0 radical (unpaired) electrons. The first-order chi connectivity index (χ1) is 11.1. The number of hydrogen-bond donors (Lipinski definition) is 4. The second kappa shape index (κ2) is 8.62. The van der Waals surface area contributed by atoms with Crippen molar-refractivity contribution in [1.82, 2.24) is 10.2 Å². The molecule has 0 aliphatic carbocycles. The molecule has 5 N–H and O–H groups in total. The minimum Gasteiger partial charge on any atom is -0.481 e. The third-order valence-electron chi connectivity index (χ3n) is 3.87. The Morgan fingerprint density at radius 1 is 1.25 bits per heavy atom. The zero-order valence-electron chi connectivity index (χ0n) is 13.9. The predicted octanol–water partition coefficient (Wildman–Crippen LogP) is -0.605. The van der Waals surface area contributed by atoms with E-state index in [1.165, 1.54) is 4.90 Å². The smallest absolute Gasteiger partial charge is 0.326 e. The van der Waals surface area contributed by atoms with Crippen molar-refractivity contribution in [1.29, 1.82) is 0 Å². The fourth-order valence-corrected chi connectivity index (χ4v) is 2.74. The summed E-state index contributed by atoms with van der Waals surface area (Å²) in [7, 11) is 0. The summed E-state index contributed by atoms with van der Waals surface area (Å²) in [4.78, 5) is 47.8. The summed E-state index contributed by atoms with van der Waals surface area (Å²) in [5.74, 6) is -3.42. The van der Waals surface area contributed by atoms with E-state index in [1.807, 2.05) is 13.8 Å². The van der Waals surface area contributed by atoms with Gasteiger partial charge in [0.15, 0.2) is 0 Å². The molecule has 1 aliphatic heterocycles. The van der Waals surface area contributed by atoms with Crippen molar-refractivity contribution in [2.45, 2.75) is 57.7 Å². The minimum atomic E-state index is -1.26. The Bertz CT molecular complexity index is 507. The Hall–Kier alpha value is -2.16. The number of nitrogens with one attached hydrogen (secondary N) is 1. The topological polar surface area (TPSA) is 150 Å². The van der Waals surface area contributed by atoms with Gasteiger partial charge in [-0.1, -0.05) is 13.8 Å². The van der Waals surface area contributed by atoms with Crippen LogP contribution in [0.5, 0.6) is 0 Å². The Labute approximate surface area is 140 Å². The van der Waals surface area contributed by atoms with Gasteiger partial charge in [0.25, 0.3) is 0 Å². The maximum atomic E-state index is 12.7. The highest BCUT2D eigenvalue weighted by molar-refractivity contribution is 5.93. The zero-order chi connectivity index (χ0) is 18.4. The quantitative estimate of drug-likeness (QED) is 0.459. The summed E-state index contributed by atoms with van der Waals surface area (Å²) in [6.07, 6.45) is 0.731. The predicted molar refractivity (Wildman–Crippen MR) is 84.0 cm³/mol. The lowest BCUT2D eigenvalue weighted by molar-refractivity contribution is -0.149. The zero-order valence-corrected chi connectivity index (χ0v) is 13.9. The molecular formula is C15H25N3O6. The molecule has 24 heavy (non-hydrogen) atoms. The second-order valence-corrected chi connectivity index (χ2v) is 6.42. The molecule has 0 spiro atoms. The summed E-state index contributed by atoms with van der Waals surface area (Å²) in [5.41, 5.74) is 5.51. The first-order valence-corrected chi connectivity index (χ1v) is 7.94. The van der Waals surface area contributed by atoms with Crippen LogP contribution in [0.3, 0.4) is 0 Å². The molecular weight excluding hydrogens is 318 g/mol. The van der Waals surface area contributed by atoms with Crippen LogP contribution in [-0.2, 0) is 19.2 Å². The van der Waals surface area contributed by atoms with Crippen molar-refractivity contribution >= 4 is 23.8 Å². The third-order valence-corrected chi connectivity index (χ3v) is 3.87. The van der Waals surface area contributed by atoms with E-state index in [-0.39, 0.29) is 5.92 Å². The van der Waals surface area contributed by atoms with Crippen LogP contribution in [0.25, 0.3) is 0 Å². The van der Waals surface area contributed by atoms with E-state index in [0.717, 1.165) is 0 Å². The maximum absolute atomic E-state index is 12.7. The molecule has 136 valence electrons. The number of rotatable bonds is 8. The van der Waals surface area contributed by atoms with Gasteiger partial charge in [0.2, 0.25) is 11.8 Å². The van der Waals surface area contributed by atoms with Crippen molar-refractivity contribution in [3.05, 3.63) is 0 Å². The molecule has 1 rings (SSSR count). The number of carboxylic acids is 2. The van der Waals surface area contributed by atoms with E-state index in [2.05, 4.69) is 5.32 Å². The normalized spacial score (nSPS) is 19.8. The molecule has 1 fully saturated rings. The fourth-order valence-electron chi connectivity index (χ4n) is 2.74. The Morgan fingerprint density at radius 2 is 1.88 bits per heavy atom. The first kappa shape index (κ1) is 19.9. The van der Waals surface area contributed by atoms with E-state index in [1.54, 1.807) is 0 Å². The maximum Gasteiger partial charge on any atom is 0.326 e. The van der Waals surface area contributed by atoms with Gasteiger partial charge in [0.05, 0.1) is 12.5 Å². The molecule has 1 saturated heterocycles. The summed E-state index contributed by atoms with van der Waals surface area (Å²) in [6, 6.07) is -3.08. The van der Waals surface area contributed by atoms with Gasteiger partial charge in [-0.2, -0.15) is 0 Å². The number of likely N-dealkylation sites (tertiary alicyclic amines) is 1. The van der Waals surface area contributed by atoms with E-state index >= 15 is 0 Å². The van der Waals surface area contributed by atoms with E-state index < -0.39 is 48.3 Å². The second-order valence-electron chi connectivity index (χ2n) is 6.42. The molecule has 1 heterocycles. The van der Waals surface area contributed by atoms with Crippen molar-refractivity contribution in [3.63, 3.8) is 0 Å². The number of carboxylic acid groups (broad SMARTS) is 2. The van der Waals surface area contributed by atoms with Crippen molar-refractivity contribution in [2.75, 3.05) is 6.54 Å².